The van der Waals surface area contributed by atoms with Gasteiger partial charge in [0, 0.05) is 10.6 Å². The fraction of sp³-hybridized carbons (Fsp3) is 0.0870. The van der Waals surface area contributed by atoms with Gasteiger partial charge < -0.3 is 14.6 Å². The van der Waals surface area contributed by atoms with Crippen molar-refractivity contribution in [3.63, 3.8) is 0 Å². The fourth-order valence-electron chi connectivity index (χ4n) is 2.82. The van der Waals surface area contributed by atoms with Crippen LogP contribution in [0.1, 0.15) is 21.8 Å². The largest absolute Gasteiger partial charge is 0.488 e. The summed E-state index contributed by atoms with van der Waals surface area (Å²) >= 11 is 6.09. The lowest BCUT2D eigenvalue weighted by Crippen LogP contribution is -2.23. The Kier molecular flexibility index (Phi) is 6.06. The van der Waals surface area contributed by atoms with E-state index in [1.807, 2.05) is 60.7 Å². The predicted molar refractivity (Wildman–Crippen MR) is 113 cm³/mol. The van der Waals surface area contributed by atoms with Crippen molar-refractivity contribution in [2.75, 3.05) is 0 Å². The van der Waals surface area contributed by atoms with Crippen LogP contribution >= 0.6 is 11.6 Å². The van der Waals surface area contributed by atoms with Gasteiger partial charge in [-0.3, -0.25) is 4.79 Å². The monoisotopic (exact) mass is 419 g/mol. The highest BCUT2D eigenvalue weighted by atomic mass is 35.5. The number of amides is 1. The van der Waals surface area contributed by atoms with Crippen LogP contribution in [0.15, 0.2) is 83.4 Å². The Labute approximate surface area is 178 Å². The van der Waals surface area contributed by atoms with Crippen LogP contribution in [-0.4, -0.2) is 16.0 Å². The average Bonchev–Trinajstić information content (AvgIpc) is 3.27. The molecule has 0 fully saturated rings. The summed E-state index contributed by atoms with van der Waals surface area (Å²) in [5.41, 5.74) is 2.17. The smallest absolute Gasteiger partial charge is 0.255 e. The molecular formula is C23H18ClN3O3. The van der Waals surface area contributed by atoms with Gasteiger partial charge in [-0.05, 0) is 23.8 Å². The van der Waals surface area contributed by atoms with E-state index in [1.54, 1.807) is 18.2 Å². The quantitative estimate of drug-likeness (QED) is 0.461. The molecule has 0 saturated carbocycles. The molecule has 1 heterocycles. The molecule has 6 nitrogen and oxygen atoms in total. The third-order valence-electron chi connectivity index (χ3n) is 4.32. The van der Waals surface area contributed by atoms with Gasteiger partial charge in [-0.1, -0.05) is 77.4 Å². The molecule has 0 radical (unpaired) electrons. The normalized spacial score (nSPS) is 10.6. The maximum absolute atomic E-state index is 12.7. The molecule has 0 bridgehead atoms. The van der Waals surface area contributed by atoms with Gasteiger partial charge in [0.1, 0.15) is 12.4 Å². The molecule has 0 aliphatic rings. The number of rotatable bonds is 7. The highest BCUT2D eigenvalue weighted by Gasteiger charge is 2.15. The third kappa shape index (κ3) is 4.85. The molecule has 0 unspecified atom stereocenters. The predicted octanol–water partition coefficient (Wildman–Crippen LogP) is 4.90. The summed E-state index contributed by atoms with van der Waals surface area (Å²) in [5, 5.41) is 7.16. The van der Waals surface area contributed by atoms with Gasteiger partial charge in [0.15, 0.2) is 0 Å². The number of aromatic nitrogens is 2. The molecule has 0 atom stereocenters. The van der Waals surface area contributed by atoms with E-state index in [4.69, 9.17) is 20.9 Å². The first-order valence-corrected chi connectivity index (χ1v) is 9.69. The third-order valence-corrected chi connectivity index (χ3v) is 4.56. The van der Waals surface area contributed by atoms with Gasteiger partial charge in [0.2, 0.25) is 11.7 Å². The Hall–Kier alpha value is -3.64. The van der Waals surface area contributed by atoms with Crippen LogP contribution in [0.3, 0.4) is 0 Å². The SMILES string of the molecule is O=C(NCc1nc(-c2ccccc2)no1)c1cc(Cl)ccc1OCc1ccccc1. The molecule has 0 saturated heterocycles. The molecule has 0 aliphatic heterocycles. The number of hydrogen-bond donors (Lipinski definition) is 1. The Bertz CT molecular complexity index is 1130. The van der Waals surface area contributed by atoms with Crippen LogP contribution in [0, 0.1) is 0 Å². The van der Waals surface area contributed by atoms with Crippen molar-refractivity contribution in [2.45, 2.75) is 13.2 Å². The lowest BCUT2D eigenvalue weighted by atomic mass is 10.2. The molecule has 150 valence electrons. The number of halogens is 1. The van der Waals surface area contributed by atoms with Crippen LogP contribution in [0.2, 0.25) is 5.02 Å². The molecule has 1 N–H and O–H groups in total. The van der Waals surface area contributed by atoms with Crippen LogP contribution in [0.5, 0.6) is 5.75 Å². The maximum atomic E-state index is 12.7. The van der Waals surface area contributed by atoms with Gasteiger partial charge >= 0.3 is 0 Å². The lowest BCUT2D eigenvalue weighted by molar-refractivity contribution is 0.0941. The minimum atomic E-state index is -0.347. The zero-order chi connectivity index (χ0) is 20.8. The van der Waals surface area contributed by atoms with E-state index in [9.17, 15) is 4.79 Å². The van der Waals surface area contributed by atoms with Gasteiger partial charge in [0.25, 0.3) is 5.91 Å². The van der Waals surface area contributed by atoms with Gasteiger partial charge in [-0.2, -0.15) is 4.98 Å². The van der Waals surface area contributed by atoms with E-state index in [1.165, 1.54) is 0 Å². The number of hydrogen-bond acceptors (Lipinski definition) is 5. The first-order valence-electron chi connectivity index (χ1n) is 9.31. The fourth-order valence-corrected chi connectivity index (χ4v) is 3.00. The summed E-state index contributed by atoms with van der Waals surface area (Å²) in [4.78, 5) is 17.1. The van der Waals surface area contributed by atoms with Crippen LogP contribution in [-0.2, 0) is 13.2 Å². The standard InChI is InChI=1S/C23H18ClN3O3/c24-18-11-12-20(29-15-16-7-3-1-4-8-16)19(13-18)23(28)25-14-21-26-22(27-30-21)17-9-5-2-6-10-17/h1-13H,14-15H2,(H,25,28). The summed E-state index contributed by atoms with van der Waals surface area (Å²) in [7, 11) is 0. The Morgan fingerprint density at radius 3 is 2.50 bits per heavy atom. The number of ether oxygens (including phenoxy) is 1. The summed E-state index contributed by atoms with van der Waals surface area (Å²) in [6.07, 6.45) is 0. The van der Waals surface area contributed by atoms with Crippen molar-refractivity contribution < 1.29 is 14.1 Å². The number of benzene rings is 3. The number of nitrogens with one attached hydrogen (secondary N) is 1. The molecule has 4 rings (SSSR count). The Balaban J connectivity index is 1.43. The van der Waals surface area contributed by atoms with E-state index in [0.717, 1.165) is 11.1 Å². The molecule has 1 aromatic heterocycles. The molecule has 3 aromatic carbocycles. The topological polar surface area (TPSA) is 77.3 Å². The van der Waals surface area contributed by atoms with Crippen LogP contribution < -0.4 is 10.1 Å². The molecule has 0 aliphatic carbocycles. The first-order chi connectivity index (χ1) is 14.7. The van der Waals surface area contributed by atoms with E-state index in [0.29, 0.717) is 34.7 Å². The zero-order valence-electron chi connectivity index (χ0n) is 15.9. The number of carbonyl (C=O) groups excluding carboxylic acids is 1. The lowest BCUT2D eigenvalue weighted by Gasteiger charge is -2.12. The van der Waals surface area contributed by atoms with Crippen molar-refractivity contribution in [1.82, 2.24) is 15.5 Å². The summed E-state index contributed by atoms with van der Waals surface area (Å²) in [6, 6.07) is 24.1. The van der Waals surface area contributed by atoms with Crippen LogP contribution in [0.25, 0.3) is 11.4 Å². The van der Waals surface area contributed by atoms with Gasteiger partial charge in [-0.25, -0.2) is 0 Å². The van der Waals surface area contributed by atoms with E-state index < -0.39 is 0 Å². The van der Waals surface area contributed by atoms with Crippen molar-refractivity contribution in [3.8, 4) is 17.1 Å². The Morgan fingerprint density at radius 2 is 1.73 bits per heavy atom. The van der Waals surface area contributed by atoms with Crippen molar-refractivity contribution in [2.24, 2.45) is 0 Å². The molecule has 4 aromatic rings. The Morgan fingerprint density at radius 1 is 1.00 bits per heavy atom. The first kappa shape index (κ1) is 19.7. The van der Waals surface area contributed by atoms with E-state index in [2.05, 4.69) is 15.5 Å². The van der Waals surface area contributed by atoms with Crippen LogP contribution in [0.4, 0.5) is 0 Å². The zero-order valence-corrected chi connectivity index (χ0v) is 16.7. The average molecular weight is 420 g/mol. The number of nitrogens with zero attached hydrogens (tertiary/aromatic N) is 2. The highest BCUT2D eigenvalue weighted by Crippen LogP contribution is 2.24. The maximum Gasteiger partial charge on any atom is 0.255 e. The van der Waals surface area contributed by atoms with E-state index >= 15 is 0 Å². The minimum absolute atomic E-state index is 0.0866. The molecule has 7 heteroatoms. The summed E-state index contributed by atoms with van der Waals surface area (Å²) in [6.45, 7) is 0.427. The molecule has 30 heavy (non-hydrogen) atoms. The summed E-state index contributed by atoms with van der Waals surface area (Å²) < 4.78 is 11.1. The molecule has 0 spiro atoms. The van der Waals surface area contributed by atoms with Crippen molar-refractivity contribution >= 4 is 17.5 Å². The second kappa shape index (κ2) is 9.24. The second-order valence-electron chi connectivity index (χ2n) is 6.48. The highest BCUT2D eigenvalue weighted by molar-refractivity contribution is 6.31. The summed E-state index contributed by atoms with van der Waals surface area (Å²) in [5.74, 6) is 0.863. The second-order valence-corrected chi connectivity index (χ2v) is 6.91. The molecular weight excluding hydrogens is 402 g/mol. The minimum Gasteiger partial charge on any atom is -0.488 e. The van der Waals surface area contributed by atoms with Gasteiger partial charge in [0.05, 0.1) is 12.1 Å². The van der Waals surface area contributed by atoms with Crippen molar-refractivity contribution in [3.05, 3.63) is 101 Å². The van der Waals surface area contributed by atoms with E-state index in [-0.39, 0.29) is 12.5 Å². The molecule has 1 amide bonds. The number of carbonyl (C=O) groups is 1. The van der Waals surface area contributed by atoms with Crippen molar-refractivity contribution in [1.29, 1.82) is 0 Å². The van der Waals surface area contributed by atoms with Gasteiger partial charge in [-0.15, -0.1) is 0 Å².